The van der Waals surface area contributed by atoms with Crippen molar-refractivity contribution in [1.82, 2.24) is 5.32 Å². The fourth-order valence-corrected chi connectivity index (χ4v) is 2.16. The summed E-state index contributed by atoms with van der Waals surface area (Å²) in [7, 11) is 0. The van der Waals surface area contributed by atoms with Crippen molar-refractivity contribution in [3.8, 4) is 11.5 Å². The second kappa shape index (κ2) is 8.39. The predicted molar refractivity (Wildman–Crippen MR) is 95.8 cm³/mol. The fourth-order valence-electron chi connectivity index (χ4n) is 2.16. The number of amides is 1. The summed E-state index contributed by atoms with van der Waals surface area (Å²) in [6, 6.07) is 14.9. The molecular formula is C20H25NO3. The van der Waals surface area contributed by atoms with Crippen LogP contribution in [0.3, 0.4) is 0 Å². The van der Waals surface area contributed by atoms with Gasteiger partial charge in [0, 0.05) is 5.56 Å². The second-order valence-corrected chi connectivity index (χ2v) is 6.19. The number of hydrogen-bond donors (Lipinski definition) is 1. The lowest BCUT2D eigenvalue weighted by Crippen LogP contribution is -2.36. The molecule has 2 rings (SSSR count). The van der Waals surface area contributed by atoms with Crippen LogP contribution in [0.4, 0.5) is 0 Å². The molecule has 1 N–H and O–H groups in total. The van der Waals surface area contributed by atoms with Gasteiger partial charge in [-0.05, 0) is 64.1 Å². The van der Waals surface area contributed by atoms with Crippen molar-refractivity contribution in [1.29, 1.82) is 0 Å². The Morgan fingerprint density at radius 1 is 0.958 bits per heavy atom. The van der Waals surface area contributed by atoms with E-state index in [0.717, 1.165) is 11.5 Å². The van der Waals surface area contributed by atoms with Gasteiger partial charge in [-0.15, -0.1) is 0 Å². The number of carbonyl (C=O) groups excluding carboxylic acids is 1. The third-order valence-electron chi connectivity index (χ3n) is 3.39. The first kappa shape index (κ1) is 17.9. The summed E-state index contributed by atoms with van der Waals surface area (Å²) < 4.78 is 11.3. The lowest BCUT2D eigenvalue weighted by atomic mass is 10.2. The normalized spacial score (nSPS) is 11.9. The molecule has 0 saturated heterocycles. The van der Waals surface area contributed by atoms with Crippen LogP contribution in [0, 0.1) is 6.92 Å². The van der Waals surface area contributed by atoms with Crippen molar-refractivity contribution in [2.24, 2.45) is 0 Å². The van der Waals surface area contributed by atoms with Crippen molar-refractivity contribution in [3.05, 3.63) is 59.7 Å². The predicted octanol–water partition coefficient (Wildman–Crippen LogP) is 3.98. The molecule has 2 aromatic carbocycles. The first-order valence-electron chi connectivity index (χ1n) is 8.21. The molecule has 4 heteroatoms. The van der Waals surface area contributed by atoms with E-state index in [2.05, 4.69) is 5.32 Å². The van der Waals surface area contributed by atoms with E-state index >= 15 is 0 Å². The summed E-state index contributed by atoms with van der Waals surface area (Å²) in [4.78, 5) is 12.2. The van der Waals surface area contributed by atoms with Crippen LogP contribution in [0.15, 0.2) is 48.5 Å². The number of ether oxygens (including phenoxy) is 2. The SMILES string of the molecule is Cc1ccc(OCC(C)NC(=O)c2ccc(OC(C)C)cc2)cc1. The highest BCUT2D eigenvalue weighted by Gasteiger charge is 2.11. The average molecular weight is 327 g/mol. The first-order chi connectivity index (χ1) is 11.4. The molecular weight excluding hydrogens is 302 g/mol. The van der Waals surface area contributed by atoms with Crippen LogP contribution in [-0.2, 0) is 0 Å². The van der Waals surface area contributed by atoms with E-state index in [1.54, 1.807) is 12.1 Å². The Morgan fingerprint density at radius 2 is 1.54 bits per heavy atom. The van der Waals surface area contributed by atoms with Crippen LogP contribution >= 0.6 is 0 Å². The summed E-state index contributed by atoms with van der Waals surface area (Å²) in [6.07, 6.45) is 0.114. The molecule has 1 amide bonds. The minimum absolute atomic E-state index is 0.0922. The molecule has 1 unspecified atom stereocenters. The average Bonchev–Trinajstić information content (AvgIpc) is 2.54. The van der Waals surface area contributed by atoms with Gasteiger partial charge in [0.05, 0.1) is 12.1 Å². The smallest absolute Gasteiger partial charge is 0.251 e. The monoisotopic (exact) mass is 327 g/mol. The van der Waals surface area contributed by atoms with Crippen LogP contribution < -0.4 is 14.8 Å². The Labute approximate surface area is 143 Å². The number of carbonyl (C=O) groups is 1. The molecule has 0 bridgehead atoms. The zero-order valence-electron chi connectivity index (χ0n) is 14.7. The zero-order valence-corrected chi connectivity index (χ0v) is 14.7. The lowest BCUT2D eigenvalue weighted by molar-refractivity contribution is 0.0926. The number of benzene rings is 2. The van der Waals surface area contributed by atoms with Crippen LogP contribution in [-0.4, -0.2) is 24.7 Å². The molecule has 0 saturated carbocycles. The van der Waals surface area contributed by atoms with Gasteiger partial charge in [0.15, 0.2) is 0 Å². The Hall–Kier alpha value is -2.49. The Kier molecular flexibility index (Phi) is 6.24. The van der Waals surface area contributed by atoms with E-state index < -0.39 is 0 Å². The number of rotatable bonds is 7. The molecule has 0 spiro atoms. The van der Waals surface area contributed by atoms with Gasteiger partial charge in [-0.2, -0.15) is 0 Å². The molecule has 0 aliphatic heterocycles. The quantitative estimate of drug-likeness (QED) is 0.837. The molecule has 0 aliphatic rings. The standard InChI is InChI=1S/C20H25NO3/c1-14(2)24-19-11-7-17(8-12-19)20(22)21-16(4)13-23-18-9-5-15(3)6-10-18/h5-12,14,16H,13H2,1-4H3,(H,21,22). The topological polar surface area (TPSA) is 47.6 Å². The Morgan fingerprint density at radius 3 is 2.12 bits per heavy atom. The first-order valence-corrected chi connectivity index (χ1v) is 8.21. The molecule has 0 aromatic heterocycles. The van der Waals surface area contributed by atoms with Crippen LogP contribution in [0.2, 0.25) is 0 Å². The van der Waals surface area contributed by atoms with Gasteiger partial charge >= 0.3 is 0 Å². The third-order valence-corrected chi connectivity index (χ3v) is 3.39. The maximum atomic E-state index is 12.2. The van der Waals surface area contributed by atoms with Crippen molar-refractivity contribution in [2.75, 3.05) is 6.61 Å². The van der Waals surface area contributed by atoms with E-state index in [1.807, 2.05) is 64.1 Å². The molecule has 128 valence electrons. The summed E-state index contributed by atoms with van der Waals surface area (Å²) in [6.45, 7) is 8.31. The van der Waals surface area contributed by atoms with Crippen molar-refractivity contribution in [3.63, 3.8) is 0 Å². The molecule has 4 nitrogen and oxygen atoms in total. The maximum Gasteiger partial charge on any atom is 0.251 e. The highest BCUT2D eigenvalue weighted by atomic mass is 16.5. The van der Waals surface area contributed by atoms with E-state index in [0.29, 0.717) is 12.2 Å². The van der Waals surface area contributed by atoms with Crippen molar-refractivity contribution >= 4 is 5.91 Å². The second-order valence-electron chi connectivity index (χ2n) is 6.19. The number of nitrogens with one attached hydrogen (secondary N) is 1. The molecule has 0 heterocycles. The van der Waals surface area contributed by atoms with E-state index in [9.17, 15) is 4.79 Å². The number of hydrogen-bond acceptors (Lipinski definition) is 3. The zero-order chi connectivity index (χ0) is 17.5. The van der Waals surface area contributed by atoms with Crippen LogP contribution in [0.5, 0.6) is 11.5 Å². The van der Waals surface area contributed by atoms with Gasteiger partial charge in [0.2, 0.25) is 0 Å². The van der Waals surface area contributed by atoms with Crippen molar-refractivity contribution < 1.29 is 14.3 Å². The van der Waals surface area contributed by atoms with E-state index in [4.69, 9.17) is 9.47 Å². The van der Waals surface area contributed by atoms with Gasteiger partial charge in [-0.1, -0.05) is 17.7 Å². The van der Waals surface area contributed by atoms with Crippen LogP contribution in [0.1, 0.15) is 36.7 Å². The Bertz CT molecular complexity index is 648. The fraction of sp³-hybridized carbons (Fsp3) is 0.350. The summed E-state index contributed by atoms with van der Waals surface area (Å²) in [5.41, 5.74) is 1.79. The van der Waals surface area contributed by atoms with Gasteiger partial charge in [-0.25, -0.2) is 0 Å². The third kappa shape index (κ3) is 5.61. The van der Waals surface area contributed by atoms with Crippen LogP contribution in [0.25, 0.3) is 0 Å². The summed E-state index contributed by atoms with van der Waals surface area (Å²) >= 11 is 0. The maximum absolute atomic E-state index is 12.2. The van der Waals surface area contributed by atoms with E-state index in [-0.39, 0.29) is 18.1 Å². The lowest BCUT2D eigenvalue weighted by Gasteiger charge is -2.15. The largest absolute Gasteiger partial charge is 0.491 e. The molecule has 0 aliphatic carbocycles. The van der Waals surface area contributed by atoms with Gasteiger partial charge in [0.1, 0.15) is 18.1 Å². The molecule has 0 radical (unpaired) electrons. The van der Waals surface area contributed by atoms with E-state index in [1.165, 1.54) is 5.56 Å². The summed E-state index contributed by atoms with van der Waals surface area (Å²) in [5.74, 6) is 1.44. The molecule has 2 aromatic rings. The summed E-state index contributed by atoms with van der Waals surface area (Å²) in [5, 5.41) is 2.93. The highest BCUT2D eigenvalue weighted by Crippen LogP contribution is 2.14. The molecule has 1 atom stereocenters. The number of aryl methyl sites for hydroxylation is 1. The van der Waals surface area contributed by atoms with Crippen molar-refractivity contribution in [2.45, 2.75) is 39.8 Å². The van der Waals surface area contributed by atoms with Gasteiger partial charge in [0.25, 0.3) is 5.91 Å². The molecule has 24 heavy (non-hydrogen) atoms. The minimum Gasteiger partial charge on any atom is -0.491 e. The van der Waals surface area contributed by atoms with Gasteiger partial charge in [-0.3, -0.25) is 4.79 Å². The van der Waals surface area contributed by atoms with Gasteiger partial charge < -0.3 is 14.8 Å². The Balaban J connectivity index is 1.83. The minimum atomic E-state index is -0.119. The molecule has 0 fully saturated rings. The highest BCUT2D eigenvalue weighted by molar-refractivity contribution is 5.94.